The Kier molecular flexibility index (Phi) is 2.50. The van der Waals surface area contributed by atoms with Crippen molar-refractivity contribution in [3.05, 3.63) is 71.3 Å². The summed E-state index contributed by atoms with van der Waals surface area (Å²) in [7, 11) is 0. The molecule has 0 saturated carbocycles. The van der Waals surface area contributed by atoms with Crippen molar-refractivity contribution in [3.8, 4) is 11.3 Å². The molecule has 0 aliphatic rings. The highest BCUT2D eigenvalue weighted by Gasteiger charge is 2.11. The second-order valence-corrected chi connectivity index (χ2v) is 4.68. The number of para-hydroxylation sites is 1. The molecule has 0 aliphatic heterocycles. The van der Waals surface area contributed by atoms with Gasteiger partial charge in [-0.15, -0.1) is 10.2 Å². The van der Waals surface area contributed by atoms with Gasteiger partial charge in [-0.25, -0.2) is 9.38 Å². The zero-order valence-corrected chi connectivity index (χ0v) is 11.0. The third-order valence-electron chi connectivity index (χ3n) is 3.40. The van der Waals surface area contributed by atoms with E-state index in [1.807, 2.05) is 54.6 Å². The first-order chi connectivity index (χ1) is 10.3. The van der Waals surface area contributed by atoms with E-state index in [1.165, 1.54) is 10.7 Å². The average Bonchev–Trinajstić information content (AvgIpc) is 2.56. The fourth-order valence-electron chi connectivity index (χ4n) is 2.36. The van der Waals surface area contributed by atoms with E-state index in [1.54, 1.807) is 0 Å². The Labute approximate surface area is 119 Å². The SMILES string of the molecule is O=c1c(-c2ccccc2)nnc2c3ccccc3ncn12. The molecule has 21 heavy (non-hydrogen) atoms. The van der Waals surface area contributed by atoms with Crippen LogP contribution in [0.15, 0.2) is 65.7 Å². The minimum absolute atomic E-state index is 0.218. The molecule has 0 spiro atoms. The highest BCUT2D eigenvalue weighted by Crippen LogP contribution is 2.16. The summed E-state index contributed by atoms with van der Waals surface area (Å²) in [6.45, 7) is 0. The summed E-state index contributed by atoms with van der Waals surface area (Å²) >= 11 is 0. The summed E-state index contributed by atoms with van der Waals surface area (Å²) in [5.74, 6) is 0. The van der Waals surface area contributed by atoms with Crippen molar-refractivity contribution in [3.63, 3.8) is 0 Å². The van der Waals surface area contributed by atoms with Crippen molar-refractivity contribution in [1.29, 1.82) is 0 Å². The average molecular weight is 274 g/mol. The van der Waals surface area contributed by atoms with Gasteiger partial charge in [-0.3, -0.25) is 4.79 Å². The quantitative estimate of drug-likeness (QED) is 0.500. The lowest BCUT2D eigenvalue weighted by molar-refractivity contribution is 0.931. The Hall–Kier alpha value is -3.08. The van der Waals surface area contributed by atoms with Crippen LogP contribution in [0.25, 0.3) is 27.8 Å². The summed E-state index contributed by atoms with van der Waals surface area (Å²) in [6, 6.07) is 16.9. The smallest absolute Gasteiger partial charge is 0.266 e. The maximum atomic E-state index is 12.6. The molecule has 0 unspecified atom stereocenters. The van der Waals surface area contributed by atoms with E-state index >= 15 is 0 Å². The summed E-state index contributed by atoms with van der Waals surface area (Å²) < 4.78 is 1.44. The largest absolute Gasteiger partial charge is 0.285 e. The van der Waals surface area contributed by atoms with E-state index in [-0.39, 0.29) is 5.56 Å². The Morgan fingerprint density at radius 1 is 0.857 bits per heavy atom. The van der Waals surface area contributed by atoms with Crippen molar-refractivity contribution < 1.29 is 0 Å². The molecule has 0 bridgehead atoms. The van der Waals surface area contributed by atoms with E-state index in [0.29, 0.717) is 11.3 Å². The minimum atomic E-state index is -0.218. The Morgan fingerprint density at radius 3 is 2.48 bits per heavy atom. The molecule has 4 rings (SSSR count). The zero-order valence-electron chi connectivity index (χ0n) is 11.0. The predicted molar refractivity (Wildman–Crippen MR) is 80.0 cm³/mol. The first-order valence-electron chi connectivity index (χ1n) is 6.53. The summed E-state index contributed by atoms with van der Waals surface area (Å²) in [5.41, 5.74) is 2.16. The summed E-state index contributed by atoms with van der Waals surface area (Å²) in [4.78, 5) is 16.9. The van der Waals surface area contributed by atoms with Gasteiger partial charge in [0.2, 0.25) is 0 Å². The number of rotatable bonds is 1. The Morgan fingerprint density at radius 2 is 1.62 bits per heavy atom. The van der Waals surface area contributed by atoms with Crippen LogP contribution in [-0.2, 0) is 0 Å². The van der Waals surface area contributed by atoms with Crippen molar-refractivity contribution >= 4 is 16.6 Å². The van der Waals surface area contributed by atoms with Crippen molar-refractivity contribution in [2.75, 3.05) is 0 Å². The molecule has 5 heteroatoms. The van der Waals surface area contributed by atoms with Crippen molar-refractivity contribution in [1.82, 2.24) is 19.6 Å². The summed E-state index contributed by atoms with van der Waals surface area (Å²) in [5, 5.41) is 9.14. The van der Waals surface area contributed by atoms with Gasteiger partial charge >= 0.3 is 0 Å². The monoisotopic (exact) mass is 274 g/mol. The third kappa shape index (κ3) is 1.79. The highest BCUT2D eigenvalue weighted by atomic mass is 16.1. The molecule has 0 N–H and O–H groups in total. The van der Waals surface area contributed by atoms with Crippen LogP contribution in [0.1, 0.15) is 0 Å². The Balaban J connectivity index is 2.09. The maximum Gasteiger partial charge on any atom is 0.285 e. The van der Waals surface area contributed by atoms with Crippen LogP contribution in [0, 0.1) is 0 Å². The van der Waals surface area contributed by atoms with Gasteiger partial charge in [0.25, 0.3) is 5.56 Å². The third-order valence-corrected chi connectivity index (χ3v) is 3.40. The lowest BCUT2D eigenvalue weighted by atomic mass is 10.2. The lowest BCUT2D eigenvalue weighted by Gasteiger charge is -2.05. The molecule has 2 aromatic carbocycles. The fourth-order valence-corrected chi connectivity index (χ4v) is 2.36. The van der Waals surface area contributed by atoms with Crippen LogP contribution in [-0.4, -0.2) is 19.6 Å². The first-order valence-corrected chi connectivity index (χ1v) is 6.53. The predicted octanol–water partition coefficient (Wildman–Crippen LogP) is 2.30. The van der Waals surface area contributed by atoms with Gasteiger partial charge < -0.3 is 0 Å². The molecule has 0 amide bonds. The van der Waals surface area contributed by atoms with E-state index in [4.69, 9.17) is 0 Å². The number of fused-ring (bicyclic) bond motifs is 3. The molecule has 100 valence electrons. The molecular weight excluding hydrogens is 264 g/mol. The Bertz CT molecular complexity index is 1010. The number of hydrogen-bond acceptors (Lipinski definition) is 4. The molecule has 4 aromatic rings. The van der Waals surface area contributed by atoms with Crippen LogP contribution >= 0.6 is 0 Å². The van der Waals surface area contributed by atoms with E-state index in [9.17, 15) is 4.79 Å². The topological polar surface area (TPSA) is 60.2 Å². The first kappa shape index (κ1) is 11.7. The van der Waals surface area contributed by atoms with E-state index in [0.717, 1.165) is 16.5 Å². The number of nitrogens with zero attached hydrogens (tertiary/aromatic N) is 4. The van der Waals surface area contributed by atoms with Gasteiger partial charge in [-0.2, -0.15) is 0 Å². The molecule has 0 atom stereocenters. The van der Waals surface area contributed by atoms with E-state index < -0.39 is 0 Å². The molecule has 0 fully saturated rings. The van der Waals surface area contributed by atoms with Crippen LogP contribution in [0.3, 0.4) is 0 Å². The lowest BCUT2D eigenvalue weighted by Crippen LogP contribution is -2.19. The van der Waals surface area contributed by atoms with Gasteiger partial charge in [0.15, 0.2) is 11.3 Å². The number of hydrogen-bond donors (Lipinski definition) is 0. The van der Waals surface area contributed by atoms with Gasteiger partial charge in [0.05, 0.1) is 5.52 Å². The van der Waals surface area contributed by atoms with Gasteiger partial charge in [0, 0.05) is 10.9 Å². The molecular formula is C16H10N4O. The van der Waals surface area contributed by atoms with Crippen LogP contribution in [0.5, 0.6) is 0 Å². The molecule has 0 aliphatic carbocycles. The van der Waals surface area contributed by atoms with Gasteiger partial charge in [-0.1, -0.05) is 42.5 Å². The van der Waals surface area contributed by atoms with Crippen LogP contribution in [0.2, 0.25) is 0 Å². The zero-order chi connectivity index (χ0) is 14.2. The molecule has 0 radical (unpaired) electrons. The van der Waals surface area contributed by atoms with E-state index in [2.05, 4.69) is 15.2 Å². The number of benzene rings is 2. The van der Waals surface area contributed by atoms with Crippen molar-refractivity contribution in [2.24, 2.45) is 0 Å². The second-order valence-electron chi connectivity index (χ2n) is 4.68. The van der Waals surface area contributed by atoms with Crippen molar-refractivity contribution in [2.45, 2.75) is 0 Å². The molecule has 2 heterocycles. The van der Waals surface area contributed by atoms with Crippen LogP contribution in [0.4, 0.5) is 0 Å². The normalized spacial score (nSPS) is 11.0. The van der Waals surface area contributed by atoms with Gasteiger partial charge in [0.1, 0.15) is 6.33 Å². The number of aromatic nitrogens is 4. The van der Waals surface area contributed by atoms with Crippen LogP contribution < -0.4 is 5.56 Å². The standard InChI is InChI=1S/C16H10N4O/c21-16-14(11-6-2-1-3-7-11)18-19-15-12-8-4-5-9-13(12)17-10-20(15)16/h1-10H. The maximum absolute atomic E-state index is 12.6. The molecule has 0 saturated heterocycles. The fraction of sp³-hybridized carbons (Fsp3) is 0. The minimum Gasteiger partial charge on any atom is -0.266 e. The summed E-state index contributed by atoms with van der Waals surface area (Å²) in [6.07, 6.45) is 1.50. The molecule has 2 aromatic heterocycles. The second kappa shape index (κ2) is 4.49. The highest BCUT2D eigenvalue weighted by molar-refractivity contribution is 5.90. The van der Waals surface area contributed by atoms with Gasteiger partial charge in [-0.05, 0) is 12.1 Å². The molecule has 5 nitrogen and oxygen atoms in total.